The van der Waals surface area contributed by atoms with Crippen molar-refractivity contribution in [2.45, 2.75) is 110 Å². The number of halogens is 1. The van der Waals surface area contributed by atoms with Gasteiger partial charge in [-0.25, -0.2) is 0 Å². The maximum absolute atomic E-state index is 5.93. The molecule has 0 radical (unpaired) electrons. The zero-order chi connectivity index (χ0) is 16.5. The molecule has 0 aromatic rings. The average molecular weight is 393 g/mol. The second kappa shape index (κ2) is 18.7. The second-order valence-corrected chi connectivity index (χ2v) is 7.81. The van der Waals surface area contributed by atoms with Crippen LogP contribution in [0.3, 0.4) is 0 Å². The third-order valence-electron chi connectivity index (χ3n) is 4.59. The van der Waals surface area contributed by atoms with E-state index in [2.05, 4.69) is 21.0 Å². The Kier molecular flexibility index (Phi) is 20.9. The fourth-order valence-electron chi connectivity index (χ4n) is 3.07. The van der Waals surface area contributed by atoms with Gasteiger partial charge < -0.3 is 17.0 Å². The second-order valence-electron chi connectivity index (χ2n) is 7.81. The predicted molar refractivity (Wildman–Crippen MR) is 101 cm³/mol. The zero-order valence-corrected chi connectivity index (χ0v) is 18.0. The molecule has 0 aromatic heterocycles. The maximum atomic E-state index is 5.93. The molecule has 0 heterocycles. The summed E-state index contributed by atoms with van der Waals surface area (Å²) in [5.41, 5.74) is 0. The van der Waals surface area contributed by atoms with E-state index in [-0.39, 0.29) is 17.0 Å². The van der Waals surface area contributed by atoms with E-state index in [1.807, 2.05) is 0 Å². The largest absolute Gasteiger partial charge is 1.00 e. The third-order valence-corrected chi connectivity index (χ3v) is 4.59. The van der Waals surface area contributed by atoms with Crippen molar-refractivity contribution in [1.29, 1.82) is 0 Å². The molecule has 0 rings (SSSR count). The van der Waals surface area contributed by atoms with E-state index in [1.54, 1.807) is 0 Å². The SMILES string of the molecule is CCCCCCCCCCCCCCCCCC[N+](C)(C)N.[Br-]. The van der Waals surface area contributed by atoms with Gasteiger partial charge in [-0.05, 0) is 12.8 Å². The lowest BCUT2D eigenvalue weighted by Gasteiger charge is -2.21. The molecular weight excluding hydrogens is 348 g/mol. The monoisotopic (exact) mass is 392 g/mol. The van der Waals surface area contributed by atoms with Crippen LogP contribution in [-0.2, 0) is 0 Å². The molecule has 0 aliphatic heterocycles. The number of unbranched alkanes of at least 4 members (excludes halogenated alkanes) is 15. The topological polar surface area (TPSA) is 26.0 Å². The van der Waals surface area contributed by atoms with E-state index < -0.39 is 0 Å². The van der Waals surface area contributed by atoms with Crippen molar-refractivity contribution in [3.63, 3.8) is 0 Å². The summed E-state index contributed by atoms with van der Waals surface area (Å²) < 4.78 is 0.624. The highest BCUT2D eigenvalue weighted by atomic mass is 79.9. The molecule has 0 aliphatic carbocycles. The van der Waals surface area contributed by atoms with Crippen LogP contribution >= 0.6 is 0 Å². The molecule has 2 N–H and O–H groups in total. The van der Waals surface area contributed by atoms with Gasteiger partial charge in [0, 0.05) is 0 Å². The predicted octanol–water partition coefficient (Wildman–Crippen LogP) is 3.20. The van der Waals surface area contributed by atoms with Gasteiger partial charge in [-0.1, -0.05) is 96.8 Å². The fraction of sp³-hybridized carbons (Fsp3) is 1.00. The van der Waals surface area contributed by atoms with Gasteiger partial charge in [0.25, 0.3) is 0 Å². The van der Waals surface area contributed by atoms with Crippen LogP contribution in [-0.4, -0.2) is 25.2 Å². The fourth-order valence-corrected chi connectivity index (χ4v) is 3.07. The van der Waals surface area contributed by atoms with Crippen molar-refractivity contribution < 1.29 is 21.6 Å². The molecule has 3 heteroatoms. The van der Waals surface area contributed by atoms with Crippen molar-refractivity contribution in [3.8, 4) is 0 Å². The van der Waals surface area contributed by atoms with Gasteiger partial charge in [-0.2, -0.15) is 5.84 Å². The Morgan fingerprint density at radius 3 is 1.04 bits per heavy atom. The van der Waals surface area contributed by atoms with Crippen molar-refractivity contribution >= 4 is 0 Å². The van der Waals surface area contributed by atoms with E-state index in [0.717, 1.165) is 6.54 Å². The molecule has 0 aromatic carbocycles. The molecule has 0 bridgehead atoms. The van der Waals surface area contributed by atoms with Gasteiger partial charge in [0.05, 0.1) is 20.6 Å². The highest BCUT2D eigenvalue weighted by Gasteiger charge is 2.06. The number of nitrogens with two attached hydrogens (primary N) is 1. The summed E-state index contributed by atoms with van der Waals surface area (Å²) in [6.07, 6.45) is 22.9. The van der Waals surface area contributed by atoms with Crippen LogP contribution in [0.25, 0.3) is 0 Å². The molecule has 23 heavy (non-hydrogen) atoms. The highest BCUT2D eigenvalue weighted by Crippen LogP contribution is 2.13. The molecule has 2 nitrogen and oxygen atoms in total. The Morgan fingerprint density at radius 2 is 0.783 bits per heavy atom. The average Bonchev–Trinajstić information content (AvgIpc) is 2.45. The Hall–Kier alpha value is 0.400. The van der Waals surface area contributed by atoms with Crippen molar-refractivity contribution in [2.75, 3.05) is 20.6 Å². The smallest absolute Gasteiger partial charge is 0.0955 e. The van der Waals surface area contributed by atoms with E-state index in [0.29, 0.717) is 4.59 Å². The van der Waals surface area contributed by atoms with E-state index in [9.17, 15) is 0 Å². The first kappa shape index (κ1) is 25.6. The Morgan fingerprint density at radius 1 is 0.522 bits per heavy atom. The molecule has 0 spiro atoms. The molecule has 0 amide bonds. The highest BCUT2D eigenvalue weighted by molar-refractivity contribution is 4.49. The van der Waals surface area contributed by atoms with Gasteiger partial charge in [0.2, 0.25) is 0 Å². The number of quaternary nitrogens is 1. The minimum atomic E-state index is 0. The summed E-state index contributed by atoms with van der Waals surface area (Å²) in [6, 6.07) is 0. The summed E-state index contributed by atoms with van der Waals surface area (Å²) in [5, 5.41) is 0. The van der Waals surface area contributed by atoms with Crippen molar-refractivity contribution in [2.24, 2.45) is 5.84 Å². The number of hydrogen-bond acceptors (Lipinski definition) is 1. The molecule has 142 valence electrons. The van der Waals surface area contributed by atoms with Gasteiger partial charge in [0.15, 0.2) is 0 Å². The van der Waals surface area contributed by atoms with Crippen LogP contribution < -0.4 is 22.8 Å². The summed E-state index contributed by atoms with van der Waals surface area (Å²) in [6.45, 7) is 3.40. The van der Waals surface area contributed by atoms with Gasteiger partial charge in [-0.15, -0.1) is 0 Å². The van der Waals surface area contributed by atoms with Crippen LogP contribution in [0.15, 0.2) is 0 Å². The first-order valence-corrected chi connectivity index (χ1v) is 10.2. The zero-order valence-electron chi connectivity index (χ0n) is 16.4. The first-order valence-electron chi connectivity index (χ1n) is 10.2. The molecular formula is C20H45BrN2. The Labute approximate surface area is 157 Å². The standard InChI is InChI=1S/C20H45N2.BrH/c1-4-5-6-7-8-9-10-11-12-13-14-15-16-17-18-19-20-22(2,3)21;/h4-21H2,1-3H3;1H/q+1;/p-1. The lowest BCUT2D eigenvalue weighted by atomic mass is 10.0. The summed E-state index contributed by atoms with van der Waals surface area (Å²) in [5.74, 6) is 5.93. The lowest BCUT2D eigenvalue weighted by molar-refractivity contribution is -0.902. The number of rotatable bonds is 17. The molecule has 0 aliphatic rings. The first-order chi connectivity index (χ1) is 10.6. The maximum Gasteiger partial charge on any atom is 0.0955 e. The molecule has 0 saturated heterocycles. The van der Waals surface area contributed by atoms with Gasteiger partial charge in [-0.3, -0.25) is 4.59 Å². The summed E-state index contributed by atoms with van der Waals surface area (Å²) >= 11 is 0. The van der Waals surface area contributed by atoms with Crippen LogP contribution in [0.1, 0.15) is 110 Å². The molecule has 0 atom stereocenters. The minimum Gasteiger partial charge on any atom is -1.00 e. The van der Waals surface area contributed by atoms with Gasteiger partial charge >= 0.3 is 0 Å². The van der Waals surface area contributed by atoms with E-state index in [1.165, 1.54) is 103 Å². The van der Waals surface area contributed by atoms with Crippen molar-refractivity contribution in [1.82, 2.24) is 0 Å². The van der Waals surface area contributed by atoms with Crippen LogP contribution in [0.2, 0.25) is 0 Å². The number of nitrogens with zero attached hydrogens (tertiary/aromatic N) is 1. The van der Waals surface area contributed by atoms with Crippen LogP contribution in [0.5, 0.6) is 0 Å². The normalized spacial score (nSPS) is 11.5. The minimum absolute atomic E-state index is 0. The lowest BCUT2D eigenvalue weighted by Crippen LogP contribution is -3.00. The Balaban J connectivity index is 0. The molecule has 0 fully saturated rings. The Bertz CT molecular complexity index is 214. The van der Waals surface area contributed by atoms with Crippen molar-refractivity contribution in [3.05, 3.63) is 0 Å². The third kappa shape index (κ3) is 24.8. The summed E-state index contributed by atoms with van der Waals surface area (Å²) in [7, 11) is 4.15. The van der Waals surface area contributed by atoms with Gasteiger partial charge in [0.1, 0.15) is 0 Å². The quantitative estimate of drug-likeness (QED) is 0.175. The summed E-state index contributed by atoms with van der Waals surface area (Å²) in [4.78, 5) is 0. The van der Waals surface area contributed by atoms with E-state index >= 15 is 0 Å². The molecule has 0 saturated carbocycles. The van der Waals surface area contributed by atoms with Crippen LogP contribution in [0.4, 0.5) is 0 Å². The number of hydrogen-bond donors (Lipinski definition) is 1. The molecule has 0 unspecified atom stereocenters. The van der Waals surface area contributed by atoms with Crippen LogP contribution in [0, 0.1) is 0 Å². The van der Waals surface area contributed by atoms with E-state index in [4.69, 9.17) is 5.84 Å².